The highest BCUT2D eigenvalue weighted by molar-refractivity contribution is 6.12. The molecule has 254 valence electrons. The van der Waals surface area contributed by atoms with Crippen LogP contribution in [0.5, 0.6) is 0 Å². The van der Waals surface area contributed by atoms with E-state index in [9.17, 15) is 10.5 Å². The van der Waals surface area contributed by atoms with Crippen molar-refractivity contribution in [2.45, 2.75) is 41.5 Å². The first kappa shape index (κ1) is 33.2. The highest BCUT2D eigenvalue weighted by atomic mass is 15.0. The van der Waals surface area contributed by atoms with E-state index < -0.39 is 0 Å². The molecule has 0 amide bonds. The summed E-state index contributed by atoms with van der Waals surface area (Å²) in [6.45, 7) is 13.0. The Morgan fingerprint density at radius 3 is 1.32 bits per heavy atom. The van der Waals surface area contributed by atoms with Gasteiger partial charge in [0.05, 0.1) is 27.8 Å². The summed E-state index contributed by atoms with van der Waals surface area (Å²) in [5.74, 6) is 0.945. The summed E-state index contributed by atoms with van der Waals surface area (Å²) >= 11 is 0. The van der Waals surface area contributed by atoms with Gasteiger partial charge in [-0.25, -0.2) is 19.9 Å². The molecule has 0 atom stereocenters. The second kappa shape index (κ2) is 13.0. The third-order valence-corrected chi connectivity index (χ3v) is 10.00. The molecule has 0 aliphatic carbocycles. The van der Waals surface area contributed by atoms with Gasteiger partial charge in [0.2, 0.25) is 0 Å². The molecule has 0 spiro atoms. The van der Waals surface area contributed by atoms with Crippen molar-refractivity contribution in [3.8, 4) is 62.9 Å². The minimum atomic E-state index is 0.376. The van der Waals surface area contributed by atoms with Crippen LogP contribution in [0.15, 0.2) is 104 Å². The van der Waals surface area contributed by atoms with Gasteiger partial charge in [0.1, 0.15) is 12.1 Å². The second-order valence-electron chi connectivity index (χ2n) is 13.9. The summed E-state index contributed by atoms with van der Waals surface area (Å²) in [4.78, 5) is 18.3. The largest absolute Gasteiger partial charge is 0.308 e. The molecule has 7 heteroatoms. The molecule has 0 aliphatic heterocycles. The molecule has 0 radical (unpaired) electrons. The molecule has 5 aromatic carbocycles. The zero-order valence-corrected chi connectivity index (χ0v) is 30.4. The van der Waals surface area contributed by atoms with Crippen LogP contribution >= 0.6 is 0 Å². The minimum absolute atomic E-state index is 0.376. The van der Waals surface area contributed by atoms with Crippen molar-refractivity contribution in [1.82, 2.24) is 24.5 Å². The van der Waals surface area contributed by atoms with Gasteiger partial charge in [0.25, 0.3) is 0 Å². The Labute approximate surface area is 308 Å². The number of fused-ring (bicyclic) bond motifs is 3. The topological polar surface area (TPSA) is 104 Å². The summed E-state index contributed by atoms with van der Waals surface area (Å²) in [6.07, 6.45) is 6.14. The van der Waals surface area contributed by atoms with Crippen LogP contribution in [0, 0.1) is 64.2 Å². The lowest BCUT2D eigenvalue weighted by Crippen LogP contribution is -2.02. The molecule has 0 fully saturated rings. The summed E-state index contributed by atoms with van der Waals surface area (Å²) in [7, 11) is 0. The summed E-state index contributed by atoms with van der Waals surface area (Å²) < 4.78 is 2.32. The Morgan fingerprint density at radius 1 is 0.472 bits per heavy atom. The molecule has 0 unspecified atom stereocenters. The van der Waals surface area contributed by atoms with E-state index in [1.165, 1.54) is 56.9 Å². The number of rotatable bonds is 5. The second-order valence-corrected chi connectivity index (χ2v) is 13.9. The predicted octanol–water partition coefficient (Wildman–Crippen LogP) is 10.6. The van der Waals surface area contributed by atoms with Crippen LogP contribution in [0.2, 0.25) is 0 Å². The van der Waals surface area contributed by atoms with Crippen molar-refractivity contribution in [2.75, 3.05) is 0 Å². The van der Waals surface area contributed by atoms with Crippen LogP contribution in [0.3, 0.4) is 0 Å². The lowest BCUT2D eigenvalue weighted by molar-refractivity contribution is 1.12. The Hall–Kier alpha value is -6.96. The molecule has 8 aromatic rings. The van der Waals surface area contributed by atoms with E-state index in [1.807, 2.05) is 12.1 Å². The number of benzene rings is 5. The van der Waals surface area contributed by atoms with Crippen molar-refractivity contribution in [3.63, 3.8) is 0 Å². The van der Waals surface area contributed by atoms with Crippen molar-refractivity contribution >= 4 is 21.8 Å². The van der Waals surface area contributed by atoms with Crippen molar-refractivity contribution in [3.05, 3.63) is 148 Å². The van der Waals surface area contributed by atoms with E-state index in [2.05, 4.69) is 145 Å². The van der Waals surface area contributed by atoms with Gasteiger partial charge >= 0.3 is 0 Å². The molecule has 3 aromatic heterocycles. The predicted molar refractivity (Wildman–Crippen MR) is 212 cm³/mol. The molecule has 0 saturated carbocycles. The normalized spacial score (nSPS) is 11.2. The van der Waals surface area contributed by atoms with Gasteiger partial charge in [-0.1, -0.05) is 59.7 Å². The first-order valence-corrected chi connectivity index (χ1v) is 17.5. The van der Waals surface area contributed by atoms with E-state index in [1.54, 1.807) is 12.4 Å². The number of aromatic nitrogens is 5. The number of hydrogen-bond donors (Lipinski definition) is 0. The highest BCUT2D eigenvalue weighted by Crippen LogP contribution is 2.41. The summed E-state index contributed by atoms with van der Waals surface area (Å²) in [5.41, 5.74) is 17.4. The maximum atomic E-state index is 9.55. The number of nitrogens with zero attached hydrogens (tertiary/aromatic N) is 7. The fourth-order valence-electron chi connectivity index (χ4n) is 7.97. The maximum Gasteiger partial charge on any atom is 0.161 e. The lowest BCUT2D eigenvalue weighted by atomic mass is 9.92. The molecule has 0 N–H and O–H groups in total. The average molecular weight is 686 g/mol. The Bertz CT molecular complexity index is 2690. The lowest BCUT2D eigenvalue weighted by Gasteiger charge is -2.17. The fourth-order valence-corrected chi connectivity index (χ4v) is 7.97. The smallest absolute Gasteiger partial charge is 0.161 e. The first-order chi connectivity index (χ1) is 25.6. The number of aryl methyl sites for hydroxylation is 6. The Morgan fingerprint density at radius 2 is 0.887 bits per heavy atom. The zero-order valence-electron chi connectivity index (χ0n) is 30.4. The average Bonchev–Trinajstić information content (AvgIpc) is 3.46. The SMILES string of the molecule is Cc1cc(C)c(-c2ccc3c4ccc(-c5c(C)cc(C)cc5C)cc4n(-c4ccc(-c5ncc(C#N)cn5)cc4-c4ncc(C#N)cn4)c3c2)c(C)c1. The number of nitriles is 2. The van der Waals surface area contributed by atoms with Gasteiger partial charge in [-0.15, -0.1) is 0 Å². The van der Waals surface area contributed by atoms with Gasteiger partial charge in [0.15, 0.2) is 11.6 Å². The summed E-state index contributed by atoms with van der Waals surface area (Å²) in [5, 5.41) is 21.1. The van der Waals surface area contributed by atoms with Crippen molar-refractivity contribution in [1.29, 1.82) is 10.5 Å². The van der Waals surface area contributed by atoms with E-state index >= 15 is 0 Å². The molecule has 0 saturated heterocycles. The third-order valence-electron chi connectivity index (χ3n) is 10.00. The standard InChI is InChI=1S/C46H35N7/c1-26-13-28(3)43(29(4)14-26)34-7-10-37-38-11-8-35(44-30(5)15-27(2)16-31(44)6)19-42(38)53(41(37)18-34)40-12-9-36(45-49-22-32(20-47)23-50-45)17-39(40)46-51-24-33(21-48)25-52-46/h7-19,22-25H,1-6H3. The molecular weight excluding hydrogens is 651 g/mol. The van der Waals surface area contributed by atoms with E-state index in [4.69, 9.17) is 0 Å². The van der Waals surface area contributed by atoms with Crippen LogP contribution in [-0.4, -0.2) is 24.5 Å². The van der Waals surface area contributed by atoms with Crippen LogP contribution in [0.1, 0.15) is 44.5 Å². The van der Waals surface area contributed by atoms with E-state index in [0.717, 1.165) is 49.7 Å². The monoisotopic (exact) mass is 685 g/mol. The Kier molecular flexibility index (Phi) is 8.13. The molecule has 7 nitrogen and oxygen atoms in total. The van der Waals surface area contributed by atoms with Gasteiger partial charge < -0.3 is 4.57 Å². The van der Waals surface area contributed by atoms with Crippen LogP contribution < -0.4 is 0 Å². The van der Waals surface area contributed by atoms with Crippen molar-refractivity contribution < 1.29 is 0 Å². The highest BCUT2D eigenvalue weighted by Gasteiger charge is 2.21. The summed E-state index contributed by atoms with van der Waals surface area (Å²) in [6, 6.07) is 32.8. The zero-order chi connectivity index (χ0) is 37.0. The molecule has 53 heavy (non-hydrogen) atoms. The van der Waals surface area contributed by atoms with E-state index in [-0.39, 0.29) is 0 Å². The quantitative estimate of drug-likeness (QED) is 0.179. The van der Waals surface area contributed by atoms with Gasteiger partial charge in [0, 0.05) is 46.7 Å². The fraction of sp³-hybridized carbons (Fsp3) is 0.130. The molecular formula is C46H35N7. The van der Waals surface area contributed by atoms with Crippen LogP contribution in [0.4, 0.5) is 0 Å². The van der Waals surface area contributed by atoms with Crippen LogP contribution in [0.25, 0.3) is 72.5 Å². The maximum absolute atomic E-state index is 9.55. The minimum Gasteiger partial charge on any atom is -0.308 e. The van der Waals surface area contributed by atoms with Crippen molar-refractivity contribution in [2.24, 2.45) is 0 Å². The van der Waals surface area contributed by atoms with E-state index in [0.29, 0.717) is 22.8 Å². The van der Waals surface area contributed by atoms with Gasteiger partial charge in [-0.05, 0) is 116 Å². The molecule has 0 bridgehead atoms. The molecule has 0 aliphatic rings. The molecule has 3 heterocycles. The van der Waals surface area contributed by atoms with Gasteiger partial charge in [-0.2, -0.15) is 10.5 Å². The Balaban J connectivity index is 1.47. The van der Waals surface area contributed by atoms with Crippen LogP contribution in [-0.2, 0) is 0 Å². The first-order valence-electron chi connectivity index (χ1n) is 17.5. The number of hydrogen-bond acceptors (Lipinski definition) is 6. The molecule has 8 rings (SSSR count). The third kappa shape index (κ3) is 5.79. The van der Waals surface area contributed by atoms with Gasteiger partial charge in [-0.3, -0.25) is 0 Å².